The number of aromatic nitrogens is 1. The van der Waals surface area contributed by atoms with Gasteiger partial charge >= 0.3 is 12.1 Å². The van der Waals surface area contributed by atoms with Crippen LogP contribution >= 0.6 is 0 Å². The van der Waals surface area contributed by atoms with Gasteiger partial charge in [0.2, 0.25) is 0 Å². The zero-order valence-electron chi connectivity index (χ0n) is 13.2. The third kappa shape index (κ3) is 3.68. The molecule has 0 radical (unpaired) electrons. The summed E-state index contributed by atoms with van der Waals surface area (Å²) in [6, 6.07) is 0.163. The summed E-state index contributed by atoms with van der Waals surface area (Å²) in [6.45, 7) is 2.10. The van der Waals surface area contributed by atoms with Gasteiger partial charge in [-0.2, -0.15) is 13.2 Å². The number of rotatable bonds is 4. The number of piperidine rings is 1. The van der Waals surface area contributed by atoms with Gasteiger partial charge < -0.3 is 10.0 Å². The van der Waals surface area contributed by atoms with E-state index in [1.54, 1.807) is 0 Å². The minimum atomic E-state index is -4.67. The van der Waals surface area contributed by atoms with E-state index in [1.165, 1.54) is 4.90 Å². The molecule has 2 unspecified atom stereocenters. The van der Waals surface area contributed by atoms with Crippen LogP contribution in [0.25, 0.3) is 0 Å². The van der Waals surface area contributed by atoms with Crippen molar-refractivity contribution in [3.8, 4) is 0 Å². The molecule has 24 heavy (non-hydrogen) atoms. The number of halogens is 3. The molecule has 1 aliphatic heterocycles. The lowest BCUT2D eigenvalue weighted by Crippen LogP contribution is -2.51. The first kappa shape index (κ1) is 18.2. The molecular formula is C16H19F3N2O3. The quantitative estimate of drug-likeness (QED) is 0.910. The normalized spacial score (nSPS) is 21.6. The lowest BCUT2D eigenvalue weighted by molar-refractivity contribution is -0.145. The summed E-state index contributed by atoms with van der Waals surface area (Å²) < 4.78 is 39.4. The van der Waals surface area contributed by atoms with Crippen LogP contribution in [0, 0.1) is 5.92 Å². The summed E-state index contributed by atoms with van der Waals surface area (Å²) >= 11 is 0. The molecule has 2 rings (SSSR count). The van der Waals surface area contributed by atoms with E-state index in [2.05, 4.69) is 4.98 Å². The van der Waals surface area contributed by atoms with Crippen molar-refractivity contribution < 1.29 is 27.9 Å². The maximum Gasteiger partial charge on any atom is 0.417 e. The fourth-order valence-electron chi connectivity index (χ4n) is 3.22. The van der Waals surface area contributed by atoms with Gasteiger partial charge in [0.1, 0.15) is 0 Å². The Labute approximate surface area is 137 Å². The molecule has 0 aliphatic carbocycles. The molecule has 0 saturated carbocycles. The summed E-state index contributed by atoms with van der Waals surface area (Å²) in [5, 5.41) is 9.36. The number of aliphatic carboxylic acids is 1. The first-order valence-corrected chi connectivity index (χ1v) is 7.82. The van der Waals surface area contributed by atoms with E-state index in [-0.39, 0.29) is 6.54 Å². The van der Waals surface area contributed by atoms with Gasteiger partial charge in [-0.05, 0) is 25.3 Å². The van der Waals surface area contributed by atoms with Gasteiger partial charge in [-0.3, -0.25) is 14.6 Å². The van der Waals surface area contributed by atoms with Gasteiger partial charge in [0.15, 0.2) is 0 Å². The minimum Gasteiger partial charge on any atom is -0.481 e. The highest BCUT2D eigenvalue weighted by Crippen LogP contribution is 2.34. The topological polar surface area (TPSA) is 70.5 Å². The lowest BCUT2D eigenvalue weighted by atomic mass is 9.86. The molecule has 0 bridgehead atoms. The average molecular weight is 344 g/mol. The van der Waals surface area contributed by atoms with Gasteiger partial charge in [-0.25, -0.2) is 0 Å². The Morgan fingerprint density at radius 2 is 2.12 bits per heavy atom. The number of hydrogen-bond acceptors (Lipinski definition) is 3. The summed E-state index contributed by atoms with van der Waals surface area (Å²) in [6.07, 6.45) is -0.844. The molecule has 132 valence electrons. The number of likely N-dealkylation sites (tertiary alicyclic amines) is 1. The van der Waals surface area contributed by atoms with Crippen LogP contribution in [0.4, 0.5) is 13.2 Å². The van der Waals surface area contributed by atoms with Gasteiger partial charge in [-0.1, -0.05) is 13.3 Å². The Hall–Kier alpha value is -2.12. The predicted molar refractivity (Wildman–Crippen MR) is 79.3 cm³/mol. The van der Waals surface area contributed by atoms with Crippen LogP contribution in [-0.2, 0) is 11.0 Å². The molecular weight excluding hydrogens is 325 g/mol. The number of nitrogens with zero attached hydrogens (tertiary/aromatic N) is 2. The molecule has 0 spiro atoms. The Morgan fingerprint density at radius 3 is 2.71 bits per heavy atom. The Balaban J connectivity index is 2.39. The van der Waals surface area contributed by atoms with Crippen LogP contribution in [0.3, 0.4) is 0 Å². The molecule has 1 N–H and O–H groups in total. The molecule has 8 heteroatoms. The van der Waals surface area contributed by atoms with Crippen molar-refractivity contribution >= 4 is 11.9 Å². The zero-order valence-corrected chi connectivity index (χ0v) is 13.2. The van der Waals surface area contributed by atoms with Crippen molar-refractivity contribution in [2.24, 2.45) is 5.92 Å². The van der Waals surface area contributed by atoms with E-state index in [9.17, 15) is 27.9 Å². The maximum absolute atomic E-state index is 13.1. The molecule has 2 atom stereocenters. The second-order valence-electron chi connectivity index (χ2n) is 5.86. The first-order chi connectivity index (χ1) is 11.3. The molecule has 1 saturated heterocycles. The van der Waals surface area contributed by atoms with Gasteiger partial charge in [0, 0.05) is 25.0 Å². The second kappa shape index (κ2) is 7.19. The lowest BCUT2D eigenvalue weighted by Gasteiger charge is -2.40. The summed E-state index contributed by atoms with van der Waals surface area (Å²) in [4.78, 5) is 29.1. The Kier molecular flexibility index (Phi) is 5.46. The van der Waals surface area contributed by atoms with E-state index in [0.29, 0.717) is 25.7 Å². The monoisotopic (exact) mass is 344 g/mol. The third-order valence-corrected chi connectivity index (χ3v) is 4.30. The highest BCUT2D eigenvalue weighted by atomic mass is 19.4. The van der Waals surface area contributed by atoms with Crippen molar-refractivity contribution in [1.82, 2.24) is 9.88 Å². The van der Waals surface area contributed by atoms with Crippen LogP contribution in [0.5, 0.6) is 0 Å². The predicted octanol–water partition coefficient (Wildman–Crippen LogP) is 3.21. The van der Waals surface area contributed by atoms with Crippen molar-refractivity contribution in [3.63, 3.8) is 0 Å². The fourth-order valence-corrected chi connectivity index (χ4v) is 3.22. The van der Waals surface area contributed by atoms with E-state index in [1.807, 2.05) is 6.92 Å². The third-order valence-electron chi connectivity index (χ3n) is 4.30. The van der Waals surface area contributed by atoms with Crippen LogP contribution in [0.1, 0.15) is 48.5 Å². The first-order valence-electron chi connectivity index (χ1n) is 7.82. The van der Waals surface area contributed by atoms with Crippen LogP contribution < -0.4 is 0 Å². The van der Waals surface area contributed by atoms with Gasteiger partial charge in [0.05, 0.1) is 17.0 Å². The van der Waals surface area contributed by atoms with E-state index in [4.69, 9.17) is 0 Å². The SMILES string of the molecule is CCCC1C(C(=O)O)CCCN1C(=O)c1cnccc1C(F)(F)F. The highest BCUT2D eigenvalue weighted by molar-refractivity contribution is 5.96. The number of hydrogen-bond donors (Lipinski definition) is 1. The molecule has 0 aromatic carbocycles. The minimum absolute atomic E-state index is 0.249. The fraction of sp³-hybridized carbons (Fsp3) is 0.562. The van der Waals surface area contributed by atoms with Crippen molar-refractivity contribution in [3.05, 3.63) is 29.6 Å². The van der Waals surface area contributed by atoms with Crippen molar-refractivity contribution in [1.29, 1.82) is 0 Å². The molecule has 1 fully saturated rings. The average Bonchev–Trinajstić information content (AvgIpc) is 2.53. The molecule has 2 heterocycles. The van der Waals surface area contributed by atoms with Crippen LogP contribution in [0.2, 0.25) is 0 Å². The van der Waals surface area contributed by atoms with E-state index in [0.717, 1.165) is 18.5 Å². The number of carboxylic acids is 1. The Bertz CT molecular complexity index is 619. The largest absolute Gasteiger partial charge is 0.481 e. The number of carboxylic acid groups (broad SMARTS) is 1. The number of pyridine rings is 1. The van der Waals surface area contributed by atoms with Crippen LogP contribution in [-0.4, -0.2) is 39.5 Å². The van der Waals surface area contributed by atoms with Crippen LogP contribution in [0.15, 0.2) is 18.5 Å². The summed E-state index contributed by atoms with van der Waals surface area (Å²) in [7, 11) is 0. The molecule has 5 nitrogen and oxygen atoms in total. The number of carbonyl (C=O) groups is 2. The highest BCUT2D eigenvalue weighted by Gasteiger charge is 2.41. The van der Waals surface area contributed by atoms with E-state index < -0.39 is 41.1 Å². The number of alkyl halides is 3. The number of carbonyl (C=O) groups excluding carboxylic acids is 1. The van der Waals surface area contributed by atoms with Gasteiger partial charge in [-0.15, -0.1) is 0 Å². The number of amides is 1. The van der Waals surface area contributed by atoms with Crippen molar-refractivity contribution in [2.45, 2.75) is 44.8 Å². The molecule has 1 aliphatic rings. The van der Waals surface area contributed by atoms with Crippen molar-refractivity contribution in [2.75, 3.05) is 6.54 Å². The second-order valence-corrected chi connectivity index (χ2v) is 5.86. The zero-order chi connectivity index (χ0) is 17.9. The standard InChI is InChI=1S/C16H19F3N2O3/c1-2-4-13-10(15(23)24)5-3-8-21(13)14(22)11-9-20-7-6-12(11)16(17,18)19/h6-7,9-10,13H,2-5,8H2,1H3,(H,23,24). The molecule has 1 aromatic rings. The molecule has 1 aromatic heterocycles. The summed E-state index contributed by atoms with van der Waals surface area (Å²) in [5.74, 6) is -2.58. The maximum atomic E-state index is 13.1. The smallest absolute Gasteiger partial charge is 0.417 e. The van der Waals surface area contributed by atoms with E-state index >= 15 is 0 Å². The molecule has 1 amide bonds. The van der Waals surface area contributed by atoms with Gasteiger partial charge in [0.25, 0.3) is 5.91 Å². The Morgan fingerprint density at radius 1 is 1.42 bits per heavy atom. The summed E-state index contributed by atoms with van der Waals surface area (Å²) in [5.41, 5.74) is -1.58.